The van der Waals surface area contributed by atoms with Gasteiger partial charge in [-0.25, -0.2) is 0 Å². The molecule has 0 aromatic rings. The van der Waals surface area contributed by atoms with Crippen LogP contribution in [-0.2, 0) is 0 Å². The highest BCUT2D eigenvalue weighted by Gasteiger charge is 2.16. The Balaban J connectivity index is 0. The summed E-state index contributed by atoms with van der Waals surface area (Å²) < 4.78 is 0. The predicted molar refractivity (Wildman–Crippen MR) is 280 cm³/mol. The first-order chi connectivity index (χ1) is 29.3. The smallest absolute Gasteiger partial charge is 0.0283 e. The molecule has 0 N–H and O–H groups in total. The van der Waals surface area contributed by atoms with Gasteiger partial charge >= 0.3 is 0 Å². The fourth-order valence-corrected chi connectivity index (χ4v) is 9.33. The Morgan fingerprint density at radius 3 is 1.13 bits per heavy atom. The highest BCUT2D eigenvalue weighted by molar-refractivity contribution is 4.96. The van der Waals surface area contributed by atoms with Crippen molar-refractivity contribution >= 4 is 0 Å². The van der Waals surface area contributed by atoms with E-state index in [4.69, 9.17) is 0 Å². The summed E-state index contributed by atoms with van der Waals surface area (Å²) in [7, 11) is 2.36. The van der Waals surface area contributed by atoms with Crippen LogP contribution in [0.3, 0.4) is 0 Å². The molecule has 0 aliphatic carbocycles. The lowest BCUT2D eigenvalue weighted by atomic mass is 9.89. The van der Waals surface area contributed by atoms with Gasteiger partial charge in [-0.3, -0.25) is 0 Å². The number of unbranched alkanes of at least 4 members (excludes halogenated alkanes) is 24. The molecule has 358 valence electrons. The predicted octanol–water partition coefficient (Wildman–Crippen LogP) is 21.7. The first-order valence-corrected chi connectivity index (χ1v) is 28.0. The summed E-state index contributed by atoms with van der Waals surface area (Å²) in [6.07, 6.45) is 61.6. The average Bonchev–Trinajstić information content (AvgIpc) is 3.26. The topological polar surface area (TPSA) is 3.24 Å². The third-order valence-corrected chi connectivity index (χ3v) is 13.9. The van der Waals surface area contributed by atoms with E-state index in [1.165, 1.54) is 287 Å². The summed E-state index contributed by atoms with van der Waals surface area (Å²) in [6.45, 7) is 26.7. The fourth-order valence-electron chi connectivity index (χ4n) is 9.33. The molecule has 3 unspecified atom stereocenters. The molecule has 1 heteroatoms. The van der Waals surface area contributed by atoms with Crippen molar-refractivity contribution in [3.8, 4) is 0 Å². The minimum atomic E-state index is 0.698. The third kappa shape index (κ3) is 43.7. The molecule has 0 spiro atoms. The van der Waals surface area contributed by atoms with E-state index < -0.39 is 0 Å². The van der Waals surface area contributed by atoms with Crippen LogP contribution >= 0.6 is 0 Å². The Morgan fingerprint density at radius 2 is 0.700 bits per heavy atom. The molecule has 0 aliphatic heterocycles. The van der Waals surface area contributed by atoms with Crippen LogP contribution in [0, 0.1) is 11.8 Å². The van der Waals surface area contributed by atoms with Gasteiger partial charge in [0.15, 0.2) is 0 Å². The number of rotatable bonds is 48. The number of hydrogen-bond acceptors (Lipinski definition) is 1. The van der Waals surface area contributed by atoms with Crippen LogP contribution in [0.2, 0.25) is 0 Å². The quantitative estimate of drug-likeness (QED) is 0.0436. The molecule has 60 heavy (non-hydrogen) atoms. The van der Waals surface area contributed by atoms with Crippen LogP contribution in [0.1, 0.15) is 318 Å². The van der Waals surface area contributed by atoms with E-state index in [9.17, 15) is 0 Å². The first kappa shape index (κ1) is 61.1. The van der Waals surface area contributed by atoms with Gasteiger partial charge < -0.3 is 4.90 Å². The van der Waals surface area contributed by atoms with Crippen molar-refractivity contribution in [3.63, 3.8) is 0 Å². The van der Waals surface area contributed by atoms with Crippen molar-refractivity contribution in [3.05, 3.63) is 37.1 Å². The average molecular weight is 841 g/mol. The summed E-state index contributed by atoms with van der Waals surface area (Å²) >= 11 is 0. The van der Waals surface area contributed by atoms with Gasteiger partial charge in [0.2, 0.25) is 0 Å². The standard InChI is InChI=1S/C44H87N.C15H30/c1-8-12-16-19-21-26-31-37-44(45(7)42(6)34-29-25-20-17-13-9-2)38-32-27-23-22-24-28-33-41(5)39-40-43(35-15-11-4)36-30-18-14-10-3;1-4-7-10-11-14-15(12-8-5-2)13-9-6-3/h43-44H,5-6,8-40H2,1-4,7H3;5,15H,2,4,6-14H2,1,3H3. The third-order valence-electron chi connectivity index (χ3n) is 13.9. The molecule has 0 heterocycles. The van der Waals surface area contributed by atoms with Gasteiger partial charge in [-0.05, 0) is 76.0 Å². The molecule has 0 radical (unpaired) electrons. The van der Waals surface area contributed by atoms with Crippen molar-refractivity contribution in [2.75, 3.05) is 7.05 Å². The molecule has 0 bridgehead atoms. The van der Waals surface area contributed by atoms with E-state index in [1.807, 2.05) is 0 Å². The number of allylic oxidation sites excluding steroid dienone is 3. The second-order valence-electron chi connectivity index (χ2n) is 19.8. The lowest BCUT2D eigenvalue weighted by Crippen LogP contribution is -2.31. The van der Waals surface area contributed by atoms with Crippen molar-refractivity contribution in [2.45, 2.75) is 324 Å². The van der Waals surface area contributed by atoms with Crippen LogP contribution in [0.4, 0.5) is 0 Å². The molecule has 3 atom stereocenters. The minimum absolute atomic E-state index is 0.698. The molecule has 0 saturated heterocycles. The molecule has 0 aliphatic rings. The Morgan fingerprint density at radius 1 is 0.367 bits per heavy atom. The van der Waals surface area contributed by atoms with E-state index in [1.54, 1.807) is 0 Å². The largest absolute Gasteiger partial charge is 0.375 e. The maximum absolute atomic E-state index is 4.55. The van der Waals surface area contributed by atoms with Crippen LogP contribution in [-0.4, -0.2) is 18.0 Å². The van der Waals surface area contributed by atoms with E-state index in [-0.39, 0.29) is 0 Å². The Hall–Kier alpha value is -0.980. The Kier molecular flexibility index (Phi) is 51.6. The zero-order chi connectivity index (χ0) is 44.6. The van der Waals surface area contributed by atoms with Gasteiger partial charge in [0.1, 0.15) is 0 Å². The maximum Gasteiger partial charge on any atom is 0.0283 e. The summed E-state index contributed by atoms with van der Waals surface area (Å²) in [6, 6.07) is 0.698. The lowest BCUT2D eigenvalue weighted by Gasteiger charge is -2.32. The summed E-state index contributed by atoms with van der Waals surface area (Å²) in [5.41, 5.74) is 2.93. The van der Waals surface area contributed by atoms with Crippen LogP contribution in [0.5, 0.6) is 0 Å². The highest BCUT2D eigenvalue weighted by atomic mass is 15.1. The van der Waals surface area contributed by atoms with E-state index >= 15 is 0 Å². The summed E-state index contributed by atoms with van der Waals surface area (Å²) in [5.74, 6) is 1.92. The Labute approximate surface area is 383 Å². The molecule has 0 saturated carbocycles. The second-order valence-corrected chi connectivity index (χ2v) is 19.8. The van der Waals surface area contributed by atoms with Crippen molar-refractivity contribution in [2.24, 2.45) is 11.8 Å². The molecule has 0 aromatic heterocycles. The van der Waals surface area contributed by atoms with Gasteiger partial charge in [-0.1, -0.05) is 278 Å². The number of nitrogens with zero attached hydrogens (tertiary/aromatic N) is 1. The summed E-state index contributed by atoms with van der Waals surface area (Å²) in [5, 5.41) is 0. The molecule has 1 nitrogen and oxygen atoms in total. The monoisotopic (exact) mass is 840 g/mol. The van der Waals surface area contributed by atoms with Crippen molar-refractivity contribution < 1.29 is 0 Å². The van der Waals surface area contributed by atoms with E-state index in [0.717, 1.165) is 11.8 Å². The molecular formula is C59H117N. The van der Waals surface area contributed by atoms with Gasteiger partial charge in [-0.15, -0.1) is 6.58 Å². The van der Waals surface area contributed by atoms with Crippen molar-refractivity contribution in [1.29, 1.82) is 0 Å². The van der Waals surface area contributed by atoms with E-state index in [2.05, 4.69) is 79.3 Å². The number of hydrogen-bond donors (Lipinski definition) is 0. The highest BCUT2D eigenvalue weighted by Crippen LogP contribution is 2.27. The summed E-state index contributed by atoms with van der Waals surface area (Å²) in [4.78, 5) is 2.60. The molecule has 0 amide bonds. The normalized spacial score (nSPS) is 12.8. The SMILES string of the molecule is C=C(CCCCCCCCC(CCCCCCCCC)N(C)C(=C)CCCCCCCC)CCC(CCCC)CCCCCC.C=CCCC(CCCC)CCCCCC. The van der Waals surface area contributed by atoms with Gasteiger partial charge in [0, 0.05) is 18.8 Å². The van der Waals surface area contributed by atoms with Gasteiger partial charge in [0.05, 0.1) is 0 Å². The minimum Gasteiger partial charge on any atom is -0.375 e. The molecule has 0 rings (SSSR count). The van der Waals surface area contributed by atoms with Crippen molar-refractivity contribution in [1.82, 2.24) is 4.90 Å². The van der Waals surface area contributed by atoms with E-state index in [0.29, 0.717) is 6.04 Å². The zero-order valence-electron chi connectivity index (χ0n) is 43.3. The molecule has 0 fully saturated rings. The van der Waals surface area contributed by atoms with Gasteiger partial charge in [-0.2, -0.15) is 0 Å². The second kappa shape index (κ2) is 50.7. The zero-order valence-corrected chi connectivity index (χ0v) is 43.3. The lowest BCUT2D eigenvalue weighted by molar-refractivity contribution is 0.251. The fraction of sp³-hybridized carbons (Fsp3) is 0.898. The van der Waals surface area contributed by atoms with Crippen LogP contribution < -0.4 is 0 Å². The van der Waals surface area contributed by atoms with Gasteiger partial charge in [0.25, 0.3) is 0 Å². The molecular weight excluding hydrogens is 723 g/mol. The maximum atomic E-state index is 4.55. The van der Waals surface area contributed by atoms with Crippen LogP contribution in [0.15, 0.2) is 37.1 Å². The first-order valence-electron chi connectivity index (χ1n) is 28.0. The molecule has 0 aromatic carbocycles. The Bertz CT molecular complexity index is 855. The van der Waals surface area contributed by atoms with Crippen LogP contribution in [0.25, 0.3) is 0 Å².